The molecule has 23 heavy (non-hydrogen) atoms. The summed E-state index contributed by atoms with van der Waals surface area (Å²) in [7, 11) is 2.23. The molecule has 0 radical (unpaired) electrons. The van der Waals surface area contributed by atoms with Crippen LogP contribution in [0.15, 0.2) is 30.3 Å². The maximum Gasteiger partial charge on any atom is 0.0717 e. The van der Waals surface area contributed by atoms with E-state index in [2.05, 4.69) is 61.0 Å². The predicted octanol–water partition coefficient (Wildman–Crippen LogP) is 3.11. The standard InChI is InChI=1S/C20H32N2O/c1-20(2)18(14-22-11-9-21(3)10-12-22)13-19(20)16-23-15-17-7-5-4-6-8-17/h4-8,18-19H,9-16H2,1-3H3/t18?,19-/m1/s1. The number of hydrogen-bond acceptors (Lipinski definition) is 3. The Bertz CT molecular complexity index is 480. The van der Waals surface area contributed by atoms with E-state index in [-0.39, 0.29) is 0 Å². The summed E-state index contributed by atoms with van der Waals surface area (Å²) in [4.78, 5) is 5.09. The fourth-order valence-electron chi connectivity index (χ4n) is 3.95. The van der Waals surface area contributed by atoms with E-state index in [1.807, 2.05) is 0 Å². The van der Waals surface area contributed by atoms with Gasteiger partial charge in [0.25, 0.3) is 0 Å². The first-order chi connectivity index (χ1) is 11.1. The van der Waals surface area contributed by atoms with Crippen molar-refractivity contribution >= 4 is 0 Å². The molecule has 1 aromatic rings. The first-order valence-corrected chi connectivity index (χ1v) is 9.08. The average Bonchev–Trinajstić information content (AvgIpc) is 2.56. The topological polar surface area (TPSA) is 15.7 Å². The van der Waals surface area contributed by atoms with E-state index in [1.165, 1.54) is 44.7 Å². The van der Waals surface area contributed by atoms with Crippen molar-refractivity contribution in [3.63, 3.8) is 0 Å². The first-order valence-electron chi connectivity index (χ1n) is 9.08. The second kappa shape index (κ2) is 7.33. The van der Waals surface area contributed by atoms with Crippen molar-refractivity contribution in [2.75, 3.05) is 46.4 Å². The van der Waals surface area contributed by atoms with E-state index in [0.29, 0.717) is 11.3 Å². The molecule has 0 spiro atoms. The van der Waals surface area contributed by atoms with Crippen molar-refractivity contribution in [3.05, 3.63) is 35.9 Å². The predicted molar refractivity (Wildman–Crippen MR) is 95.4 cm³/mol. The molecule has 0 amide bonds. The maximum absolute atomic E-state index is 5.99. The van der Waals surface area contributed by atoms with Gasteiger partial charge in [-0.15, -0.1) is 0 Å². The molecule has 1 saturated heterocycles. The highest BCUT2D eigenvalue weighted by atomic mass is 16.5. The van der Waals surface area contributed by atoms with Crippen molar-refractivity contribution in [3.8, 4) is 0 Å². The van der Waals surface area contributed by atoms with Crippen LogP contribution in [0.3, 0.4) is 0 Å². The molecule has 1 aliphatic heterocycles. The second-order valence-electron chi connectivity index (χ2n) is 8.06. The van der Waals surface area contributed by atoms with Crippen LogP contribution in [0.5, 0.6) is 0 Å². The van der Waals surface area contributed by atoms with Gasteiger partial charge < -0.3 is 14.5 Å². The molecular weight excluding hydrogens is 284 g/mol. The van der Waals surface area contributed by atoms with E-state index in [4.69, 9.17) is 4.74 Å². The van der Waals surface area contributed by atoms with Crippen molar-refractivity contribution in [2.45, 2.75) is 26.9 Å². The second-order valence-corrected chi connectivity index (χ2v) is 8.06. The molecule has 2 aliphatic rings. The molecule has 0 N–H and O–H groups in total. The lowest BCUT2D eigenvalue weighted by Gasteiger charge is -2.54. The van der Waals surface area contributed by atoms with Gasteiger partial charge in [-0.2, -0.15) is 0 Å². The summed E-state index contributed by atoms with van der Waals surface area (Å²) in [5.74, 6) is 1.54. The zero-order valence-electron chi connectivity index (χ0n) is 15.0. The van der Waals surface area contributed by atoms with Gasteiger partial charge in [0.2, 0.25) is 0 Å². The molecule has 1 aromatic carbocycles. The van der Waals surface area contributed by atoms with Crippen LogP contribution in [0.1, 0.15) is 25.8 Å². The van der Waals surface area contributed by atoms with Crippen LogP contribution in [-0.2, 0) is 11.3 Å². The Morgan fingerprint density at radius 3 is 2.39 bits per heavy atom. The van der Waals surface area contributed by atoms with Crippen molar-refractivity contribution in [1.82, 2.24) is 9.80 Å². The van der Waals surface area contributed by atoms with Crippen LogP contribution in [0, 0.1) is 17.3 Å². The van der Waals surface area contributed by atoms with E-state index < -0.39 is 0 Å². The SMILES string of the molecule is CN1CCN(CC2C[C@H](COCc3ccccc3)C2(C)C)CC1. The van der Waals surface area contributed by atoms with E-state index in [0.717, 1.165) is 19.1 Å². The molecule has 1 aliphatic carbocycles. The fraction of sp³-hybridized carbons (Fsp3) is 0.700. The van der Waals surface area contributed by atoms with Crippen LogP contribution < -0.4 is 0 Å². The summed E-state index contributed by atoms with van der Waals surface area (Å²) < 4.78 is 5.99. The van der Waals surface area contributed by atoms with Crippen LogP contribution >= 0.6 is 0 Å². The molecule has 1 unspecified atom stereocenters. The fourth-order valence-corrected chi connectivity index (χ4v) is 3.95. The molecule has 2 fully saturated rings. The van der Waals surface area contributed by atoms with Crippen LogP contribution in [0.4, 0.5) is 0 Å². The van der Waals surface area contributed by atoms with Gasteiger partial charge in [0.1, 0.15) is 0 Å². The van der Waals surface area contributed by atoms with Gasteiger partial charge in [0.15, 0.2) is 0 Å². The third-order valence-electron chi connectivity index (χ3n) is 6.18. The molecule has 1 heterocycles. The van der Waals surface area contributed by atoms with Gasteiger partial charge in [-0.3, -0.25) is 0 Å². The lowest BCUT2D eigenvalue weighted by Crippen LogP contribution is -2.54. The number of likely N-dealkylation sites (N-methyl/N-ethyl adjacent to an activating group) is 1. The monoisotopic (exact) mass is 316 g/mol. The molecule has 2 atom stereocenters. The van der Waals surface area contributed by atoms with Crippen LogP contribution in [0.2, 0.25) is 0 Å². The summed E-state index contributed by atoms with van der Waals surface area (Å²) in [6, 6.07) is 10.5. The molecule has 0 aromatic heterocycles. The Morgan fingerprint density at radius 2 is 1.74 bits per heavy atom. The lowest BCUT2D eigenvalue weighted by atomic mass is 9.55. The summed E-state index contributed by atoms with van der Waals surface area (Å²) in [6.07, 6.45) is 1.33. The maximum atomic E-state index is 5.99. The molecule has 0 bridgehead atoms. The zero-order chi connectivity index (χ0) is 16.3. The van der Waals surface area contributed by atoms with Gasteiger partial charge in [-0.05, 0) is 36.3 Å². The van der Waals surface area contributed by atoms with Gasteiger partial charge in [0.05, 0.1) is 13.2 Å². The quantitative estimate of drug-likeness (QED) is 0.802. The van der Waals surface area contributed by atoms with Crippen LogP contribution in [-0.4, -0.2) is 56.2 Å². The minimum Gasteiger partial charge on any atom is -0.376 e. The Kier molecular flexibility index (Phi) is 5.40. The van der Waals surface area contributed by atoms with E-state index in [9.17, 15) is 0 Å². The molecule has 3 nitrogen and oxygen atoms in total. The number of rotatable bonds is 6. The smallest absolute Gasteiger partial charge is 0.0717 e. The highest BCUT2D eigenvalue weighted by Gasteiger charge is 2.48. The van der Waals surface area contributed by atoms with Crippen molar-refractivity contribution in [2.24, 2.45) is 17.3 Å². The third-order valence-corrected chi connectivity index (χ3v) is 6.18. The van der Waals surface area contributed by atoms with Crippen molar-refractivity contribution in [1.29, 1.82) is 0 Å². The van der Waals surface area contributed by atoms with Crippen molar-refractivity contribution < 1.29 is 4.74 Å². The van der Waals surface area contributed by atoms with Gasteiger partial charge >= 0.3 is 0 Å². The Hall–Kier alpha value is -0.900. The number of hydrogen-bond donors (Lipinski definition) is 0. The molecule has 128 valence electrons. The average molecular weight is 316 g/mol. The number of piperazine rings is 1. The van der Waals surface area contributed by atoms with E-state index >= 15 is 0 Å². The molecular formula is C20H32N2O. The highest BCUT2D eigenvalue weighted by molar-refractivity contribution is 5.13. The first kappa shape index (κ1) is 16.9. The number of benzene rings is 1. The highest BCUT2D eigenvalue weighted by Crippen LogP contribution is 2.51. The Morgan fingerprint density at radius 1 is 1.04 bits per heavy atom. The van der Waals surface area contributed by atoms with Crippen LogP contribution in [0.25, 0.3) is 0 Å². The van der Waals surface area contributed by atoms with Gasteiger partial charge in [-0.1, -0.05) is 44.2 Å². The normalized spacial score (nSPS) is 28.5. The molecule has 3 rings (SSSR count). The number of nitrogens with zero attached hydrogens (tertiary/aromatic N) is 2. The summed E-state index contributed by atoms with van der Waals surface area (Å²) in [6.45, 7) is 12.7. The minimum atomic E-state index is 0.417. The van der Waals surface area contributed by atoms with Gasteiger partial charge in [-0.25, -0.2) is 0 Å². The number of ether oxygens (including phenoxy) is 1. The largest absolute Gasteiger partial charge is 0.376 e. The summed E-state index contributed by atoms with van der Waals surface area (Å²) >= 11 is 0. The minimum absolute atomic E-state index is 0.417. The lowest BCUT2D eigenvalue weighted by molar-refractivity contribution is -0.0882. The van der Waals surface area contributed by atoms with E-state index in [1.54, 1.807) is 0 Å². The Balaban J connectivity index is 1.40. The summed E-state index contributed by atoms with van der Waals surface area (Å²) in [5, 5.41) is 0. The molecule has 1 saturated carbocycles. The zero-order valence-corrected chi connectivity index (χ0v) is 15.0. The third kappa shape index (κ3) is 4.14. The van der Waals surface area contributed by atoms with Gasteiger partial charge in [0, 0.05) is 32.7 Å². The summed E-state index contributed by atoms with van der Waals surface area (Å²) in [5.41, 5.74) is 1.69. The Labute approximate surface area is 141 Å². The molecule has 3 heteroatoms.